The second-order valence-corrected chi connectivity index (χ2v) is 8.83. The molecule has 1 heterocycles. The highest BCUT2D eigenvalue weighted by Gasteiger charge is 2.16. The van der Waals surface area contributed by atoms with Crippen molar-refractivity contribution in [3.05, 3.63) is 103 Å². The first-order chi connectivity index (χ1) is 16.8. The van der Waals surface area contributed by atoms with Gasteiger partial charge in [-0.3, -0.25) is 14.9 Å². The van der Waals surface area contributed by atoms with Crippen LogP contribution in [0.4, 0.5) is 11.4 Å². The molecule has 0 saturated heterocycles. The Hall–Kier alpha value is -3.60. The maximum atomic E-state index is 12.7. The van der Waals surface area contributed by atoms with E-state index in [1.165, 1.54) is 41.1 Å². The van der Waals surface area contributed by atoms with Crippen molar-refractivity contribution < 1.29 is 19.2 Å². The van der Waals surface area contributed by atoms with Gasteiger partial charge in [0.15, 0.2) is 12.4 Å². The highest BCUT2D eigenvalue weighted by molar-refractivity contribution is 9.10. The molecule has 1 aromatic heterocycles. The Labute approximate surface area is 217 Å². The van der Waals surface area contributed by atoms with Crippen molar-refractivity contribution >= 4 is 56.4 Å². The minimum Gasteiger partial charge on any atom is -0.471 e. The first-order valence-electron chi connectivity index (χ1n) is 9.92. The molecule has 178 valence electrons. The third kappa shape index (κ3) is 6.50. The number of hydrogen-bond acceptors (Lipinski definition) is 6. The minimum absolute atomic E-state index is 0.0889. The largest absolute Gasteiger partial charge is 0.471 e. The van der Waals surface area contributed by atoms with E-state index in [9.17, 15) is 14.9 Å². The van der Waals surface area contributed by atoms with Gasteiger partial charge in [0.2, 0.25) is 0 Å². The molecule has 0 aliphatic heterocycles. The number of hydrogen-bond donors (Lipinski definition) is 1. The van der Waals surface area contributed by atoms with E-state index in [0.717, 1.165) is 4.47 Å². The van der Waals surface area contributed by atoms with Crippen LogP contribution in [-0.2, 0) is 6.73 Å². The standard InChI is InChI=1S/C23H15BrCl2N4O5/c24-14-1-4-18(5-2-14)34-13-29-8-7-21(28-29)23(31)27-16-10-17(30(32)33)12-19(11-16)35-22-6-3-15(25)9-20(22)26/h1-12H,13H2,(H,27,31). The fourth-order valence-electron chi connectivity index (χ4n) is 2.93. The molecule has 0 aliphatic carbocycles. The van der Waals surface area contributed by atoms with Gasteiger partial charge in [-0.25, -0.2) is 4.68 Å². The van der Waals surface area contributed by atoms with Crippen LogP contribution in [0.25, 0.3) is 0 Å². The summed E-state index contributed by atoms with van der Waals surface area (Å²) in [6, 6.07) is 17.2. The highest BCUT2D eigenvalue weighted by Crippen LogP contribution is 2.34. The summed E-state index contributed by atoms with van der Waals surface area (Å²) in [6.07, 6.45) is 1.58. The number of nitrogens with one attached hydrogen (secondary N) is 1. The van der Waals surface area contributed by atoms with Crippen molar-refractivity contribution in [3.63, 3.8) is 0 Å². The summed E-state index contributed by atoms with van der Waals surface area (Å²) in [7, 11) is 0. The Balaban J connectivity index is 1.47. The minimum atomic E-state index is -0.597. The molecule has 0 radical (unpaired) electrons. The Morgan fingerprint density at radius 2 is 1.83 bits per heavy atom. The molecule has 1 N–H and O–H groups in total. The van der Waals surface area contributed by atoms with E-state index in [1.807, 2.05) is 12.1 Å². The maximum Gasteiger partial charge on any atom is 0.276 e. The molecule has 0 unspecified atom stereocenters. The van der Waals surface area contributed by atoms with Gasteiger partial charge < -0.3 is 14.8 Å². The molecule has 12 heteroatoms. The average Bonchev–Trinajstić information content (AvgIpc) is 3.30. The van der Waals surface area contributed by atoms with E-state index in [0.29, 0.717) is 10.8 Å². The van der Waals surface area contributed by atoms with Crippen molar-refractivity contribution in [2.24, 2.45) is 0 Å². The van der Waals surface area contributed by atoms with Gasteiger partial charge in [0, 0.05) is 27.8 Å². The lowest BCUT2D eigenvalue weighted by Crippen LogP contribution is -2.14. The Bertz CT molecular complexity index is 1400. The van der Waals surface area contributed by atoms with Gasteiger partial charge >= 0.3 is 0 Å². The number of ether oxygens (including phenoxy) is 2. The summed E-state index contributed by atoms with van der Waals surface area (Å²) < 4.78 is 13.7. The van der Waals surface area contributed by atoms with E-state index in [1.54, 1.807) is 24.4 Å². The number of rotatable bonds is 8. The molecule has 1 amide bonds. The molecule has 0 saturated carbocycles. The van der Waals surface area contributed by atoms with Crippen LogP contribution in [0, 0.1) is 10.1 Å². The first kappa shape index (κ1) is 24.5. The number of carbonyl (C=O) groups is 1. The summed E-state index contributed by atoms with van der Waals surface area (Å²) >= 11 is 15.4. The van der Waals surface area contributed by atoms with E-state index in [-0.39, 0.29) is 40.3 Å². The summed E-state index contributed by atoms with van der Waals surface area (Å²) in [6.45, 7) is 0.0889. The topological polar surface area (TPSA) is 109 Å². The van der Waals surface area contributed by atoms with Crippen LogP contribution in [0.2, 0.25) is 10.0 Å². The lowest BCUT2D eigenvalue weighted by Gasteiger charge is -2.10. The second kappa shape index (κ2) is 10.8. The molecule has 9 nitrogen and oxygen atoms in total. The summed E-state index contributed by atoms with van der Waals surface area (Å²) in [4.78, 5) is 23.5. The van der Waals surface area contributed by atoms with Gasteiger partial charge in [0.1, 0.15) is 17.2 Å². The van der Waals surface area contributed by atoms with Crippen molar-refractivity contribution in [2.45, 2.75) is 6.73 Å². The maximum absolute atomic E-state index is 12.7. The number of nitro benzene ring substituents is 1. The predicted molar refractivity (Wildman–Crippen MR) is 135 cm³/mol. The number of carbonyl (C=O) groups excluding carboxylic acids is 1. The zero-order valence-electron chi connectivity index (χ0n) is 17.7. The van der Waals surface area contributed by atoms with Gasteiger partial charge in [-0.1, -0.05) is 39.1 Å². The molecule has 0 fully saturated rings. The molecular formula is C23H15BrCl2N4O5. The van der Waals surface area contributed by atoms with Crippen LogP contribution >= 0.6 is 39.1 Å². The van der Waals surface area contributed by atoms with Gasteiger partial charge in [-0.15, -0.1) is 0 Å². The Kier molecular flexibility index (Phi) is 7.54. The molecule has 3 aromatic carbocycles. The van der Waals surface area contributed by atoms with Crippen LogP contribution in [0.5, 0.6) is 17.2 Å². The number of anilines is 1. The van der Waals surface area contributed by atoms with E-state index in [4.69, 9.17) is 32.7 Å². The second-order valence-electron chi connectivity index (χ2n) is 7.07. The first-order valence-corrected chi connectivity index (χ1v) is 11.5. The average molecular weight is 578 g/mol. The molecular weight excluding hydrogens is 563 g/mol. The SMILES string of the molecule is O=C(Nc1cc(Oc2ccc(Cl)cc2Cl)cc([N+](=O)[O-])c1)c1ccn(COc2ccc(Br)cc2)n1. The zero-order chi connectivity index (χ0) is 24.9. The molecule has 0 spiro atoms. The van der Waals surface area contributed by atoms with Crippen molar-refractivity contribution in [1.82, 2.24) is 9.78 Å². The molecule has 0 bridgehead atoms. The van der Waals surface area contributed by atoms with Gasteiger partial charge in [0.05, 0.1) is 21.7 Å². The number of nitro groups is 1. The lowest BCUT2D eigenvalue weighted by molar-refractivity contribution is -0.384. The van der Waals surface area contributed by atoms with Gasteiger partial charge in [0.25, 0.3) is 11.6 Å². The lowest BCUT2D eigenvalue weighted by atomic mass is 10.2. The third-order valence-corrected chi connectivity index (χ3v) is 5.59. The molecule has 4 aromatic rings. The molecule has 35 heavy (non-hydrogen) atoms. The number of aromatic nitrogens is 2. The molecule has 4 rings (SSSR count). The van der Waals surface area contributed by atoms with Crippen molar-refractivity contribution in [3.8, 4) is 17.2 Å². The number of nitrogens with zero attached hydrogens (tertiary/aromatic N) is 3. The van der Waals surface area contributed by atoms with Gasteiger partial charge in [-0.2, -0.15) is 5.10 Å². The van der Waals surface area contributed by atoms with E-state index in [2.05, 4.69) is 26.3 Å². The fraction of sp³-hybridized carbons (Fsp3) is 0.0435. The van der Waals surface area contributed by atoms with Crippen LogP contribution in [0.15, 0.2) is 77.4 Å². The summed E-state index contributed by atoms with van der Waals surface area (Å²) in [5.41, 5.74) is -0.0413. The number of benzene rings is 3. The highest BCUT2D eigenvalue weighted by atomic mass is 79.9. The normalized spacial score (nSPS) is 10.6. The van der Waals surface area contributed by atoms with Crippen LogP contribution in [0.3, 0.4) is 0 Å². The smallest absolute Gasteiger partial charge is 0.276 e. The van der Waals surface area contributed by atoms with E-state index < -0.39 is 10.8 Å². The summed E-state index contributed by atoms with van der Waals surface area (Å²) in [5.74, 6) is 0.425. The Morgan fingerprint density at radius 1 is 1.06 bits per heavy atom. The Morgan fingerprint density at radius 3 is 2.54 bits per heavy atom. The van der Waals surface area contributed by atoms with E-state index >= 15 is 0 Å². The third-order valence-electron chi connectivity index (χ3n) is 4.53. The van der Waals surface area contributed by atoms with Crippen LogP contribution < -0.4 is 14.8 Å². The zero-order valence-corrected chi connectivity index (χ0v) is 20.7. The number of non-ortho nitro benzene ring substituents is 1. The predicted octanol–water partition coefficient (Wildman–Crippen LogP) is 6.94. The number of halogens is 3. The van der Waals surface area contributed by atoms with Crippen LogP contribution in [-0.4, -0.2) is 20.6 Å². The van der Waals surface area contributed by atoms with Gasteiger partial charge in [-0.05, 0) is 48.5 Å². The fourth-order valence-corrected chi connectivity index (χ4v) is 3.64. The monoisotopic (exact) mass is 576 g/mol. The number of amides is 1. The van der Waals surface area contributed by atoms with Crippen molar-refractivity contribution in [2.75, 3.05) is 5.32 Å². The van der Waals surface area contributed by atoms with Crippen LogP contribution in [0.1, 0.15) is 10.5 Å². The quantitative estimate of drug-likeness (QED) is 0.179. The summed E-state index contributed by atoms with van der Waals surface area (Å²) in [5, 5.41) is 18.8. The molecule has 0 aliphatic rings. The molecule has 0 atom stereocenters. The van der Waals surface area contributed by atoms with Crippen molar-refractivity contribution in [1.29, 1.82) is 0 Å².